The van der Waals surface area contributed by atoms with Crippen molar-refractivity contribution in [3.05, 3.63) is 71.9 Å². The molecule has 0 spiro atoms. The van der Waals surface area contributed by atoms with E-state index in [9.17, 15) is 4.79 Å². The van der Waals surface area contributed by atoms with Crippen LogP contribution in [0.15, 0.2) is 60.8 Å². The topological polar surface area (TPSA) is 56.0 Å². The lowest BCUT2D eigenvalue weighted by Crippen LogP contribution is -2.04. The van der Waals surface area contributed by atoms with Crippen molar-refractivity contribution in [2.75, 3.05) is 5.73 Å². The minimum Gasteiger partial charge on any atom is -0.399 e. The van der Waals surface area contributed by atoms with Gasteiger partial charge in [-0.2, -0.15) is 0 Å². The molecule has 0 atom stereocenters. The molecule has 0 saturated carbocycles. The van der Waals surface area contributed by atoms with Crippen molar-refractivity contribution >= 4 is 22.4 Å². The smallest absolute Gasteiger partial charge is 0.167 e. The van der Waals surface area contributed by atoms with Crippen LogP contribution in [0.5, 0.6) is 0 Å². The number of aromatic nitrogens is 1. The summed E-state index contributed by atoms with van der Waals surface area (Å²) in [7, 11) is 0. The molecule has 1 aromatic heterocycles. The van der Waals surface area contributed by atoms with Crippen LogP contribution in [0.4, 0.5) is 5.69 Å². The van der Waals surface area contributed by atoms with E-state index >= 15 is 0 Å². The van der Waals surface area contributed by atoms with Gasteiger partial charge < -0.3 is 5.73 Å². The first-order valence-corrected chi connectivity index (χ1v) is 6.45. The number of Topliss-reactive ketones (excluding diaryl/α,β-unsaturated/α-hetero) is 1. The summed E-state index contributed by atoms with van der Waals surface area (Å²) < 4.78 is 0. The van der Waals surface area contributed by atoms with Crippen LogP contribution in [0.1, 0.15) is 15.9 Å². The zero-order chi connectivity index (χ0) is 13.9. The minimum absolute atomic E-state index is 0.0846. The van der Waals surface area contributed by atoms with Crippen LogP contribution in [-0.4, -0.2) is 10.8 Å². The second-order valence-corrected chi connectivity index (χ2v) is 4.76. The maximum absolute atomic E-state index is 12.3. The number of pyridine rings is 1. The number of nitrogens with zero attached hydrogens (tertiary/aromatic N) is 1. The Morgan fingerprint density at radius 1 is 1.05 bits per heavy atom. The molecule has 3 rings (SSSR count). The van der Waals surface area contributed by atoms with Crippen molar-refractivity contribution in [3.63, 3.8) is 0 Å². The van der Waals surface area contributed by atoms with Crippen molar-refractivity contribution in [1.29, 1.82) is 0 Å². The number of anilines is 1. The maximum Gasteiger partial charge on any atom is 0.167 e. The van der Waals surface area contributed by atoms with Gasteiger partial charge in [0.05, 0.1) is 5.52 Å². The molecule has 3 aromatic rings. The van der Waals surface area contributed by atoms with Gasteiger partial charge in [-0.3, -0.25) is 9.78 Å². The molecule has 0 radical (unpaired) electrons. The molecule has 0 fully saturated rings. The molecule has 0 saturated heterocycles. The van der Waals surface area contributed by atoms with E-state index in [0.717, 1.165) is 16.5 Å². The van der Waals surface area contributed by atoms with Crippen LogP contribution in [0.3, 0.4) is 0 Å². The Balaban J connectivity index is 1.88. The fraction of sp³-hybridized carbons (Fsp3) is 0.0588. The summed E-state index contributed by atoms with van der Waals surface area (Å²) in [6.07, 6.45) is 2.10. The van der Waals surface area contributed by atoms with Gasteiger partial charge in [-0.25, -0.2) is 0 Å². The van der Waals surface area contributed by atoms with Gasteiger partial charge in [0, 0.05) is 29.3 Å². The maximum atomic E-state index is 12.3. The van der Waals surface area contributed by atoms with Crippen molar-refractivity contribution in [2.24, 2.45) is 0 Å². The van der Waals surface area contributed by atoms with Crippen molar-refractivity contribution < 1.29 is 4.79 Å². The number of carbonyl (C=O) groups is 1. The largest absolute Gasteiger partial charge is 0.399 e. The summed E-state index contributed by atoms with van der Waals surface area (Å²) in [6, 6.07) is 16.8. The van der Waals surface area contributed by atoms with Crippen LogP contribution in [0.25, 0.3) is 10.9 Å². The normalized spacial score (nSPS) is 10.6. The number of nitrogen functional groups attached to an aromatic ring is 1. The van der Waals surface area contributed by atoms with Gasteiger partial charge in [0.25, 0.3) is 0 Å². The summed E-state index contributed by atoms with van der Waals surface area (Å²) in [5.74, 6) is 0.0846. The standard InChI is InChI=1S/C17H14N2O/c18-15-5-1-3-12(9-15)10-17(20)14-6-7-16-13(11-14)4-2-8-19-16/h1-9,11H,10,18H2. The molecule has 3 nitrogen and oxygen atoms in total. The Morgan fingerprint density at radius 2 is 1.95 bits per heavy atom. The number of carbonyl (C=O) groups excluding carboxylic acids is 1. The molecule has 2 N–H and O–H groups in total. The second-order valence-electron chi connectivity index (χ2n) is 4.76. The van der Waals surface area contributed by atoms with E-state index in [1.54, 1.807) is 6.20 Å². The van der Waals surface area contributed by atoms with Crippen LogP contribution < -0.4 is 5.73 Å². The van der Waals surface area contributed by atoms with Gasteiger partial charge in [0.2, 0.25) is 0 Å². The third-order valence-electron chi connectivity index (χ3n) is 3.24. The Hall–Kier alpha value is -2.68. The summed E-state index contributed by atoms with van der Waals surface area (Å²) >= 11 is 0. The first-order valence-electron chi connectivity index (χ1n) is 6.45. The highest BCUT2D eigenvalue weighted by Gasteiger charge is 2.08. The Kier molecular flexibility index (Phi) is 3.17. The van der Waals surface area contributed by atoms with Crippen LogP contribution in [0.2, 0.25) is 0 Å². The highest BCUT2D eigenvalue weighted by atomic mass is 16.1. The van der Waals surface area contributed by atoms with Gasteiger partial charge in [-0.05, 0) is 42.0 Å². The predicted molar refractivity (Wildman–Crippen MR) is 80.6 cm³/mol. The number of nitrogens with two attached hydrogens (primary N) is 1. The average molecular weight is 262 g/mol. The second kappa shape index (κ2) is 5.13. The molecule has 0 bridgehead atoms. The van der Waals surface area contributed by atoms with Gasteiger partial charge in [-0.15, -0.1) is 0 Å². The fourth-order valence-corrected chi connectivity index (χ4v) is 2.24. The average Bonchev–Trinajstić information content (AvgIpc) is 2.47. The van der Waals surface area contributed by atoms with Crippen LogP contribution in [-0.2, 0) is 6.42 Å². The highest BCUT2D eigenvalue weighted by molar-refractivity contribution is 6.00. The number of fused-ring (bicyclic) bond motifs is 1. The predicted octanol–water partition coefficient (Wildman–Crippen LogP) is 3.24. The number of benzene rings is 2. The number of hydrogen-bond donors (Lipinski definition) is 1. The monoisotopic (exact) mass is 262 g/mol. The third-order valence-corrected chi connectivity index (χ3v) is 3.24. The van der Waals surface area contributed by atoms with E-state index < -0.39 is 0 Å². The molecule has 2 aromatic carbocycles. The first-order chi connectivity index (χ1) is 9.72. The Morgan fingerprint density at radius 3 is 2.80 bits per heavy atom. The Bertz CT molecular complexity index is 781. The molecular weight excluding hydrogens is 248 g/mol. The molecule has 20 heavy (non-hydrogen) atoms. The van der Waals surface area contributed by atoms with Crippen LogP contribution in [0, 0.1) is 0 Å². The third kappa shape index (κ3) is 2.52. The number of hydrogen-bond acceptors (Lipinski definition) is 3. The zero-order valence-electron chi connectivity index (χ0n) is 10.9. The van der Waals surface area contributed by atoms with E-state index in [4.69, 9.17) is 5.73 Å². The van der Waals surface area contributed by atoms with Gasteiger partial charge in [-0.1, -0.05) is 18.2 Å². The molecular formula is C17H14N2O. The quantitative estimate of drug-likeness (QED) is 0.582. The molecule has 0 aliphatic heterocycles. The zero-order valence-corrected chi connectivity index (χ0v) is 10.9. The van der Waals surface area contributed by atoms with E-state index in [-0.39, 0.29) is 5.78 Å². The van der Waals surface area contributed by atoms with Crippen molar-refractivity contribution in [1.82, 2.24) is 4.98 Å². The summed E-state index contributed by atoms with van der Waals surface area (Å²) in [4.78, 5) is 16.6. The lowest BCUT2D eigenvalue weighted by molar-refractivity contribution is 0.0993. The number of ketones is 1. The minimum atomic E-state index is 0.0846. The van der Waals surface area contributed by atoms with Crippen molar-refractivity contribution in [3.8, 4) is 0 Å². The van der Waals surface area contributed by atoms with Crippen molar-refractivity contribution in [2.45, 2.75) is 6.42 Å². The summed E-state index contributed by atoms with van der Waals surface area (Å²) in [5.41, 5.74) is 8.94. The van der Waals surface area contributed by atoms with E-state index in [0.29, 0.717) is 17.7 Å². The molecule has 98 valence electrons. The van der Waals surface area contributed by atoms with E-state index in [1.165, 1.54) is 0 Å². The van der Waals surface area contributed by atoms with E-state index in [2.05, 4.69) is 4.98 Å². The van der Waals surface area contributed by atoms with Gasteiger partial charge >= 0.3 is 0 Å². The fourth-order valence-electron chi connectivity index (χ4n) is 2.24. The SMILES string of the molecule is Nc1cccc(CC(=O)c2ccc3ncccc3c2)c1. The lowest BCUT2D eigenvalue weighted by Gasteiger charge is -2.04. The lowest BCUT2D eigenvalue weighted by atomic mass is 10.0. The number of rotatable bonds is 3. The van der Waals surface area contributed by atoms with E-state index in [1.807, 2.05) is 54.6 Å². The van der Waals surface area contributed by atoms with Gasteiger partial charge in [0.15, 0.2) is 5.78 Å². The molecule has 3 heteroatoms. The first kappa shape index (κ1) is 12.4. The summed E-state index contributed by atoms with van der Waals surface area (Å²) in [5, 5.41) is 0.978. The van der Waals surface area contributed by atoms with Gasteiger partial charge in [0.1, 0.15) is 0 Å². The molecule has 0 unspecified atom stereocenters. The molecule has 0 aliphatic carbocycles. The van der Waals surface area contributed by atoms with Crippen LogP contribution >= 0.6 is 0 Å². The summed E-state index contributed by atoms with van der Waals surface area (Å²) in [6.45, 7) is 0. The highest BCUT2D eigenvalue weighted by Crippen LogP contribution is 2.16. The molecule has 0 aliphatic rings. The molecule has 1 heterocycles. The molecule has 0 amide bonds. The Labute approximate surface area is 117 Å².